The lowest BCUT2D eigenvalue weighted by Crippen LogP contribution is -2.42. The molecule has 1 aromatic carbocycles. The zero-order chi connectivity index (χ0) is 30.4. The second-order valence-electron chi connectivity index (χ2n) is 11.6. The molecule has 0 radical (unpaired) electrons. The minimum Gasteiger partial charge on any atom is -0.488 e. The average Bonchev–Trinajstić information content (AvgIpc) is 3.49. The Bertz CT molecular complexity index is 1620. The molecule has 42 heavy (non-hydrogen) atoms. The van der Waals surface area contributed by atoms with Crippen LogP contribution >= 0.6 is 0 Å². The van der Waals surface area contributed by atoms with Gasteiger partial charge in [-0.1, -0.05) is 12.1 Å². The van der Waals surface area contributed by atoms with Crippen LogP contribution in [0, 0.1) is 5.82 Å². The third kappa shape index (κ3) is 6.40. The number of nitrogens with zero attached hydrogens (tertiary/aromatic N) is 5. The standard InChI is InChI=1S/C29H32F4N6O3/c1-16(2)41-23-13-22-17(12-20(23)30)6-8-21(35-22)26-37-36-24-9-7-18(14-39(24)26)25(29(31,32)33)38-11-10-19(15-38)34-27(40)42-28(3,4)5/h6-9,12-14,16,19,25H,10-11,15H2,1-5H3,(H,34,40)/t19-,25+/m0/s1. The van der Waals surface area contributed by atoms with E-state index in [4.69, 9.17) is 9.47 Å². The molecule has 2 atom stereocenters. The van der Waals surface area contributed by atoms with E-state index < -0.39 is 35.8 Å². The highest BCUT2D eigenvalue weighted by atomic mass is 19.4. The van der Waals surface area contributed by atoms with Gasteiger partial charge in [-0.3, -0.25) is 9.30 Å². The van der Waals surface area contributed by atoms with Gasteiger partial charge in [0.15, 0.2) is 23.0 Å². The normalized spacial score (nSPS) is 17.2. The molecule has 1 fully saturated rings. The van der Waals surface area contributed by atoms with E-state index in [9.17, 15) is 22.4 Å². The van der Waals surface area contributed by atoms with Gasteiger partial charge in [0.1, 0.15) is 17.3 Å². The van der Waals surface area contributed by atoms with E-state index >= 15 is 0 Å². The Morgan fingerprint density at radius 1 is 1.10 bits per heavy atom. The second kappa shape index (κ2) is 11.0. The minimum absolute atomic E-state index is 0.0000631. The monoisotopic (exact) mass is 588 g/mol. The van der Waals surface area contributed by atoms with Gasteiger partial charge in [-0.25, -0.2) is 14.2 Å². The number of halogens is 4. The number of rotatable bonds is 6. The Kier molecular flexibility index (Phi) is 7.73. The summed E-state index contributed by atoms with van der Waals surface area (Å²) in [4.78, 5) is 18.1. The van der Waals surface area contributed by atoms with Gasteiger partial charge in [0, 0.05) is 36.8 Å². The molecular formula is C29H32F4N6O3. The Labute approximate surface area is 239 Å². The van der Waals surface area contributed by atoms with Crippen molar-refractivity contribution in [1.82, 2.24) is 29.8 Å². The van der Waals surface area contributed by atoms with E-state index in [1.54, 1.807) is 46.8 Å². The third-order valence-corrected chi connectivity index (χ3v) is 6.69. The average molecular weight is 589 g/mol. The van der Waals surface area contributed by atoms with Crippen molar-refractivity contribution in [3.63, 3.8) is 0 Å². The molecule has 3 aromatic heterocycles. The molecule has 1 aliphatic rings. The maximum Gasteiger partial charge on any atom is 0.408 e. The molecule has 1 N–H and O–H groups in total. The Hall–Kier alpha value is -4.00. The van der Waals surface area contributed by atoms with Crippen molar-refractivity contribution in [1.29, 1.82) is 0 Å². The number of benzene rings is 1. The smallest absolute Gasteiger partial charge is 0.408 e. The second-order valence-corrected chi connectivity index (χ2v) is 11.6. The molecule has 1 saturated heterocycles. The highest BCUT2D eigenvalue weighted by Gasteiger charge is 2.47. The molecule has 4 heterocycles. The first kappa shape index (κ1) is 29.5. The van der Waals surface area contributed by atoms with E-state index in [1.807, 2.05) is 0 Å². The van der Waals surface area contributed by atoms with Crippen LogP contribution in [0.2, 0.25) is 0 Å². The summed E-state index contributed by atoms with van der Waals surface area (Å²) in [6.07, 6.45) is -3.81. The predicted octanol–water partition coefficient (Wildman–Crippen LogP) is 6.07. The van der Waals surface area contributed by atoms with Gasteiger partial charge in [-0.2, -0.15) is 13.2 Å². The third-order valence-electron chi connectivity index (χ3n) is 6.69. The van der Waals surface area contributed by atoms with Crippen LogP contribution in [-0.4, -0.2) is 67.6 Å². The van der Waals surface area contributed by atoms with Crippen molar-refractivity contribution < 1.29 is 31.8 Å². The molecule has 5 rings (SSSR count). The van der Waals surface area contributed by atoms with Gasteiger partial charge in [0.05, 0.1) is 11.6 Å². The largest absolute Gasteiger partial charge is 0.488 e. The van der Waals surface area contributed by atoms with Gasteiger partial charge in [-0.15, -0.1) is 10.2 Å². The maximum absolute atomic E-state index is 14.5. The van der Waals surface area contributed by atoms with E-state index in [-0.39, 0.29) is 36.3 Å². The zero-order valence-electron chi connectivity index (χ0n) is 23.9. The zero-order valence-corrected chi connectivity index (χ0v) is 23.9. The number of aromatic nitrogens is 4. The molecular weight excluding hydrogens is 556 g/mol. The Morgan fingerprint density at radius 2 is 1.86 bits per heavy atom. The first-order valence-corrected chi connectivity index (χ1v) is 13.6. The van der Waals surface area contributed by atoms with E-state index in [2.05, 4.69) is 20.5 Å². The van der Waals surface area contributed by atoms with Crippen molar-refractivity contribution in [3.05, 3.63) is 54.0 Å². The van der Waals surface area contributed by atoms with Crippen LogP contribution in [0.4, 0.5) is 22.4 Å². The van der Waals surface area contributed by atoms with Gasteiger partial charge in [-0.05, 0) is 64.8 Å². The topological polar surface area (TPSA) is 93.9 Å². The molecule has 9 nitrogen and oxygen atoms in total. The summed E-state index contributed by atoms with van der Waals surface area (Å²) >= 11 is 0. The van der Waals surface area contributed by atoms with Crippen LogP contribution in [-0.2, 0) is 4.74 Å². The number of carbonyl (C=O) groups is 1. The fourth-order valence-electron chi connectivity index (χ4n) is 5.06. The van der Waals surface area contributed by atoms with Crippen LogP contribution < -0.4 is 10.1 Å². The summed E-state index contributed by atoms with van der Waals surface area (Å²) < 4.78 is 70.2. The van der Waals surface area contributed by atoms with Crippen molar-refractivity contribution in [2.45, 2.75) is 71.0 Å². The summed E-state index contributed by atoms with van der Waals surface area (Å²) in [6, 6.07) is 6.51. The SMILES string of the molecule is CC(C)Oc1cc2nc(-c3nnc4ccc([C@@H](N5CC[C@H](NC(=O)OC(C)(C)C)C5)C(F)(F)F)cn34)ccc2cc1F. The number of fused-ring (bicyclic) bond motifs is 2. The van der Waals surface area contributed by atoms with Gasteiger partial charge in [0.2, 0.25) is 0 Å². The lowest BCUT2D eigenvalue weighted by atomic mass is 10.1. The molecule has 0 bridgehead atoms. The van der Waals surface area contributed by atoms with E-state index in [0.29, 0.717) is 28.7 Å². The number of carbonyl (C=O) groups excluding carboxylic acids is 1. The number of alkyl carbamates (subject to hydrolysis) is 1. The summed E-state index contributed by atoms with van der Waals surface area (Å²) in [5.41, 5.74) is 0.393. The van der Waals surface area contributed by atoms with Crippen molar-refractivity contribution in [2.75, 3.05) is 13.1 Å². The summed E-state index contributed by atoms with van der Waals surface area (Å²) in [5.74, 6) is -0.239. The predicted molar refractivity (Wildman–Crippen MR) is 148 cm³/mol. The molecule has 224 valence electrons. The fraction of sp³-hybridized carbons (Fsp3) is 0.448. The summed E-state index contributed by atoms with van der Waals surface area (Å²) in [5, 5.41) is 11.5. The van der Waals surface area contributed by atoms with Gasteiger partial charge >= 0.3 is 12.3 Å². The molecule has 0 spiro atoms. The number of alkyl halides is 3. The fourth-order valence-corrected chi connectivity index (χ4v) is 5.06. The number of likely N-dealkylation sites (tertiary alicyclic amines) is 1. The van der Waals surface area contributed by atoms with Crippen molar-refractivity contribution >= 4 is 22.6 Å². The molecule has 4 aromatic rings. The molecule has 0 aliphatic carbocycles. The van der Waals surface area contributed by atoms with E-state index in [0.717, 1.165) is 0 Å². The highest BCUT2D eigenvalue weighted by Crippen LogP contribution is 2.40. The van der Waals surface area contributed by atoms with Crippen molar-refractivity contribution in [2.24, 2.45) is 0 Å². The van der Waals surface area contributed by atoms with E-state index in [1.165, 1.54) is 39.8 Å². The number of amides is 1. The lowest BCUT2D eigenvalue weighted by molar-refractivity contribution is -0.184. The lowest BCUT2D eigenvalue weighted by Gasteiger charge is -2.30. The quantitative estimate of drug-likeness (QED) is 0.273. The summed E-state index contributed by atoms with van der Waals surface area (Å²) in [6.45, 7) is 8.83. The number of nitrogens with one attached hydrogen (secondary N) is 1. The molecule has 1 amide bonds. The van der Waals surface area contributed by atoms with Gasteiger partial charge in [0.25, 0.3) is 0 Å². The van der Waals surface area contributed by atoms with Crippen LogP contribution in [0.3, 0.4) is 0 Å². The first-order valence-electron chi connectivity index (χ1n) is 13.6. The van der Waals surface area contributed by atoms with Crippen molar-refractivity contribution in [3.8, 4) is 17.3 Å². The van der Waals surface area contributed by atoms with Crippen LogP contribution in [0.5, 0.6) is 5.75 Å². The number of pyridine rings is 2. The summed E-state index contributed by atoms with van der Waals surface area (Å²) in [7, 11) is 0. The highest BCUT2D eigenvalue weighted by molar-refractivity contribution is 5.82. The Morgan fingerprint density at radius 3 is 2.55 bits per heavy atom. The van der Waals surface area contributed by atoms with Gasteiger partial charge < -0.3 is 14.8 Å². The van der Waals surface area contributed by atoms with Crippen LogP contribution in [0.15, 0.2) is 42.6 Å². The first-order chi connectivity index (χ1) is 19.7. The number of ether oxygens (including phenoxy) is 2. The molecule has 1 aliphatic heterocycles. The molecule has 0 saturated carbocycles. The van der Waals surface area contributed by atoms with Crippen LogP contribution in [0.1, 0.15) is 52.6 Å². The molecule has 0 unspecified atom stereocenters. The number of hydrogen-bond donors (Lipinski definition) is 1. The maximum atomic E-state index is 14.5. The molecule has 13 heteroatoms. The number of hydrogen-bond acceptors (Lipinski definition) is 7. The minimum atomic E-state index is -4.60. The Balaban J connectivity index is 1.45. The van der Waals surface area contributed by atoms with Crippen LogP contribution in [0.25, 0.3) is 28.1 Å².